The highest BCUT2D eigenvalue weighted by atomic mass is 32.2. The number of benzene rings is 1. The zero-order chi connectivity index (χ0) is 14.7. The number of hydrogen-bond acceptors (Lipinski definition) is 4. The minimum Gasteiger partial charge on any atom is -0.388 e. The maximum absolute atomic E-state index is 11.3. The normalized spacial score (nSPS) is 16.9. The van der Waals surface area contributed by atoms with Gasteiger partial charge in [-0.05, 0) is 18.9 Å². The van der Waals surface area contributed by atoms with Crippen molar-refractivity contribution in [3.63, 3.8) is 0 Å². The van der Waals surface area contributed by atoms with Gasteiger partial charge in [0.15, 0.2) is 0 Å². The Hall–Kier alpha value is -0.560. The minimum atomic E-state index is -4.33. The van der Waals surface area contributed by atoms with E-state index >= 15 is 0 Å². The maximum atomic E-state index is 11.3. The molecule has 0 saturated carbocycles. The lowest BCUT2D eigenvalue weighted by molar-refractivity contribution is 0.150. The fourth-order valence-corrected chi connectivity index (χ4v) is 3.31. The second kappa shape index (κ2) is 6.26. The summed E-state index contributed by atoms with van der Waals surface area (Å²) in [6.07, 6.45) is 1.07. The summed E-state index contributed by atoms with van der Waals surface area (Å²) >= 11 is 4.49. The van der Waals surface area contributed by atoms with E-state index in [1.165, 1.54) is 18.2 Å². The van der Waals surface area contributed by atoms with Crippen LogP contribution < -0.4 is 0 Å². The zero-order valence-corrected chi connectivity index (χ0v) is 12.8. The summed E-state index contributed by atoms with van der Waals surface area (Å²) < 4.78 is 31.3. The fraction of sp³-hybridized carbons (Fsp3) is 0.538. The van der Waals surface area contributed by atoms with E-state index in [2.05, 4.69) is 12.6 Å². The zero-order valence-electron chi connectivity index (χ0n) is 11.1. The highest BCUT2D eigenvalue weighted by Crippen LogP contribution is 2.34. The number of rotatable bonds is 6. The van der Waals surface area contributed by atoms with Crippen LogP contribution >= 0.6 is 12.6 Å². The lowest BCUT2D eigenvalue weighted by Crippen LogP contribution is -2.21. The summed E-state index contributed by atoms with van der Waals surface area (Å²) in [5.74, 6) is 0. The van der Waals surface area contributed by atoms with Crippen LogP contribution in [0, 0.1) is 0 Å². The maximum Gasteiger partial charge on any atom is 0.294 e. The van der Waals surface area contributed by atoms with Crippen molar-refractivity contribution in [1.29, 1.82) is 0 Å². The Kier molecular flexibility index (Phi) is 5.43. The van der Waals surface area contributed by atoms with Gasteiger partial charge in [-0.25, -0.2) is 0 Å². The van der Waals surface area contributed by atoms with E-state index < -0.39 is 16.2 Å². The molecule has 0 spiro atoms. The molecule has 2 unspecified atom stereocenters. The average Bonchev–Trinajstić information content (AvgIpc) is 2.27. The van der Waals surface area contributed by atoms with Crippen LogP contribution in [0.25, 0.3) is 0 Å². The number of aliphatic hydroxyl groups excluding tert-OH is 1. The van der Waals surface area contributed by atoms with E-state index in [0.717, 1.165) is 12.8 Å². The summed E-state index contributed by atoms with van der Waals surface area (Å²) in [4.78, 5) is -0.247. The monoisotopic (exact) mass is 304 g/mol. The van der Waals surface area contributed by atoms with E-state index in [0.29, 0.717) is 6.42 Å². The standard InChI is InChI=1S/C13H20O4S2/c1-3-8-13(2,18)9-11(14)10-6-4-5-7-12(10)19(15,16)17/h4-7,11,14,18H,3,8-9H2,1-2H3,(H,15,16,17). The molecule has 1 aromatic rings. The van der Waals surface area contributed by atoms with Crippen molar-refractivity contribution < 1.29 is 18.1 Å². The van der Waals surface area contributed by atoms with Crippen LogP contribution in [0.3, 0.4) is 0 Å². The number of hydrogen-bond donors (Lipinski definition) is 3. The first kappa shape index (κ1) is 16.5. The Morgan fingerprint density at radius 2 is 1.95 bits per heavy atom. The molecule has 1 rings (SSSR count). The van der Waals surface area contributed by atoms with E-state index in [4.69, 9.17) is 4.55 Å². The van der Waals surface area contributed by atoms with E-state index in [1.54, 1.807) is 6.07 Å². The molecule has 0 bridgehead atoms. The molecule has 0 amide bonds. The Morgan fingerprint density at radius 1 is 1.37 bits per heavy atom. The molecule has 2 atom stereocenters. The molecule has 0 aliphatic rings. The van der Waals surface area contributed by atoms with Crippen LogP contribution in [-0.2, 0) is 10.1 Å². The lowest BCUT2D eigenvalue weighted by atomic mass is 9.94. The van der Waals surface area contributed by atoms with E-state index in [-0.39, 0.29) is 15.2 Å². The number of aliphatic hydroxyl groups is 1. The van der Waals surface area contributed by atoms with Gasteiger partial charge in [0.2, 0.25) is 0 Å². The first-order chi connectivity index (χ1) is 8.67. The van der Waals surface area contributed by atoms with Gasteiger partial charge in [-0.15, -0.1) is 0 Å². The van der Waals surface area contributed by atoms with Crippen LogP contribution in [0.2, 0.25) is 0 Å². The molecule has 0 fully saturated rings. The van der Waals surface area contributed by atoms with Gasteiger partial charge in [0.1, 0.15) is 0 Å². The molecular weight excluding hydrogens is 284 g/mol. The molecule has 0 saturated heterocycles. The topological polar surface area (TPSA) is 74.6 Å². The first-order valence-electron chi connectivity index (χ1n) is 6.14. The molecule has 2 N–H and O–H groups in total. The molecular formula is C13H20O4S2. The third-order valence-electron chi connectivity index (χ3n) is 2.98. The smallest absolute Gasteiger partial charge is 0.294 e. The van der Waals surface area contributed by atoms with Crippen molar-refractivity contribution in [3.8, 4) is 0 Å². The molecule has 0 aliphatic carbocycles. The van der Waals surface area contributed by atoms with Crippen LogP contribution in [0.5, 0.6) is 0 Å². The molecule has 0 aromatic heterocycles. The largest absolute Gasteiger partial charge is 0.388 e. The summed E-state index contributed by atoms with van der Waals surface area (Å²) in [6, 6.07) is 5.92. The SMILES string of the molecule is CCCC(C)(S)CC(O)c1ccccc1S(=O)(=O)O. The van der Waals surface area contributed by atoms with Gasteiger partial charge in [0, 0.05) is 10.3 Å². The molecule has 0 aliphatic heterocycles. The summed E-state index contributed by atoms with van der Waals surface area (Å²) in [5, 5.41) is 10.2. The van der Waals surface area contributed by atoms with Crippen LogP contribution in [-0.4, -0.2) is 22.8 Å². The Labute approximate surface area is 120 Å². The van der Waals surface area contributed by atoms with Crippen LogP contribution in [0.15, 0.2) is 29.2 Å². The molecule has 6 heteroatoms. The van der Waals surface area contributed by atoms with E-state index in [9.17, 15) is 13.5 Å². The van der Waals surface area contributed by atoms with Gasteiger partial charge >= 0.3 is 0 Å². The minimum absolute atomic E-state index is 0.210. The second-order valence-electron chi connectivity index (χ2n) is 4.98. The van der Waals surface area contributed by atoms with Crippen LogP contribution in [0.1, 0.15) is 44.8 Å². The van der Waals surface area contributed by atoms with Crippen LogP contribution in [0.4, 0.5) is 0 Å². The van der Waals surface area contributed by atoms with Crippen molar-refractivity contribution in [2.45, 2.75) is 48.9 Å². The summed E-state index contributed by atoms with van der Waals surface area (Å²) in [6.45, 7) is 3.92. The van der Waals surface area contributed by atoms with Crippen molar-refractivity contribution in [1.82, 2.24) is 0 Å². The lowest BCUT2D eigenvalue weighted by Gasteiger charge is -2.26. The molecule has 0 radical (unpaired) electrons. The van der Waals surface area contributed by atoms with Crippen molar-refractivity contribution in [3.05, 3.63) is 29.8 Å². The Bertz CT molecular complexity index is 523. The average molecular weight is 304 g/mol. The van der Waals surface area contributed by atoms with Gasteiger partial charge in [-0.1, -0.05) is 38.5 Å². The van der Waals surface area contributed by atoms with Crippen molar-refractivity contribution in [2.75, 3.05) is 0 Å². The molecule has 0 heterocycles. The second-order valence-corrected chi connectivity index (χ2v) is 7.45. The molecule has 19 heavy (non-hydrogen) atoms. The van der Waals surface area contributed by atoms with Crippen molar-refractivity contribution in [2.24, 2.45) is 0 Å². The van der Waals surface area contributed by atoms with Gasteiger partial charge < -0.3 is 5.11 Å². The first-order valence-corrected chi connectivity index (χ1v) is 8.03. The third-order valence-corrected chi connectivity index (χ3v) is 4.31. The highest BCUT2D eigenvalue weighted by Gasteiger charge is 2.27. The summed E-state index contributed by atoms with van der Waals surface area (Å²) in [7, 11) is -4.33. The van der Waals surface area contributed by atoms with Gasteiger partial charge in [0.05, 0.1) is 11.0 Å². The number of thiol groups is 1. The molecule has 108 valence electrons. The van der Waals surface area contributed by atoms with Gasteiger partial charge in [0.25, 0.3) is 10.1 Å². The summed E-state index contributed by atoms with van der Waals surface area (Å²) in [5.41, 5.74) is 0.210. The van der Waals surface area contributed by atoms with Crippen molar-refractivity contribution >= 4 is 22.7 Å². The van der Waals surface area contributed by atoms with Gasteiger partial charge in [-0.2, -0.15) is 21.0 Å². The predicted octanol–water partition coefficient (Wildman–Crippen LogP) is 2.85. The Balaban J connectivity index is 3.04. The predicted molar refractivity (Wildman–Crippen MR) is 78.1 cm³/mol. The van der Waals surface area contributed by atoms with E-state index in [1.807, 2.05) is 13.8 Å². The Morgan fingerprint density at radius 3 is 2.47 bits per heavy atom. The fourth-order valence-electron chi connectivity index (χ4n) is 2.16. The van der Waals surface area contributed by atoms with Gasteiger partial charge in [-0.3, -0.25) is 4.55 Å². The molecule has 1 aromatic carbocycles. The quantitative estimate of drug-likeness (QED) is 0.558. The highest BCUT2D eigenvalue weighted by molar-refractivity contribution is 7.85. The molecule has 4 nitrogen and oxygen atoms in total. The third kappa shape index (κ3) is 4.80.